The topological polar surface area (TPSA) is 154 Å². The fourth-order valence-corrected chi connectivity index (χ4v) is 7.14. The molecule has 13 heteroatoms. The molecule has 232 valence electrons. The molecule has 1 aromatic heterocycles. The third-order valence-corrected chi connectivity index (χ3v) is 10.3. The zero-order chi connectivity index (χ0) is 30.6. The number of aliphatic hydroxyl groups excluding tert-OH is 1. The summed E-state index contributed by atoms with van der Waals surface area (Å²) < 4.78 is 39.7. The molecule has 1 aliphatic heterocycles. The molecule has 2 aromatic rings. The minimum atomic E-state index is -3.94. The van der Waals surface area contributed by atoms with Crippen LogP contribution in [-0.4, -0.2) is 84.8 Å². The first kappa shape index (κ1) is 31.8. The van der Waals surface area contributed by atoms with Crippen molar-refractivity contribution in [2.45, 2.75) is 89.3 Å². The van der Waals surface area contributed by atoms with Crippen molar-refractivity contribution in [3.8, 4) is 5.75 Å². The van der Waals surface area contributed by atoms with Crippen molar-refractivity contribution in [2.75, 3.05) is 32.1 Å². The average Bonchev–Trinajstić information content (AvgIpc) is 3.31. The van der Waals surface area contributed by atoms with Crippen molar-refractivity contribution < 1.29 is 32.4 Å². The highest BCUT2D eigenvalue weighted by atomic mass is 32.2. The molecule has 1 fully saturated rings. The molecule has 0 saturated heterocycles. The third-order valence-electron chi connectivity index (χ3n) is 8.19. The van der Waals surface area contributed by atoms with Gasteiger partial charge in [0.2, 0.25) is 15.9 Å². The van der Waals surface area contributed by atoms with Crippen molar-refractivity contribution in [2.24, 2.45) is 5.92 Å². The van der Waals surface area contributed by atoms with Crippen molar-refractivity contribution in [1.82, 2.24) is 19.7 Å². The van der Waals surface area contributed by atoms with Crippen LogP contribution in [0.15, 0.2) is 27.6 Å². The van der Waals surface area contributed by atoms with E-state index in [0.717, 1.165) is 25.7 Å². The number of hydrogen-bond acceptors (Lipinski definition) is 8. The fraction of sp³-hybridized carbons (Fsp3) is 0.621. The molecule has 2 heterocycles. The van der Waals surface area contributed by atoms with Crippen LogP contribution in [0.3, 0.4) is 0 Å². The Balaban J connectivity index is 1.61. The second-order valence-electron chi connectivity index (χ2n) is 11.6. The van der Waals surface area contributed by atoms with E-state index >= 15 is 0 Å². The van der Waals surface area contributed by atoms with Gasteiger partial charge in [-0.25, -0.2) is 13.2 Å². The van der Waals surface area contributed by atoms with Crippen LogP contribution in [0, 0.1) is 19.8 Å². The average molecular weight is 606 g/mol. The second kappa shape index (κ2) is 13.4. The Hall–Kier alpha value is -3.16. The van der Waals surface area contributed by atoms with E-state index in [0.29, 0.717) is 17.0 Å². The lowest BCUT2D eigenvalue weighted by Crippen LogP contribution is -2.48. The van der Waals surface area contributed by atoms with Gasteiger partial charge in [0.15, 0.2) is 5.76 Å². The van der Waals surface area contributed by atoms with Crippen LogP contribution in [0.1, 0.15) is 63.0 Å². The number of likely N-dealkylation sites (N-methyl/N-ethyl adjacent to an activating group) is 1. The number of nitrogens with zero attached hydrogens (tertiary/aromatic N) is 3. The summed E-state index contributed by atoms with van der Waals surface area (Å²) in [5, 5.41) is 19.6. The number of benzene rings is 1. The maximum absolute atomic E-state index is 13.5. The highest BCUT2D eigenvalue weighted by Gasteiger charge is 2.35. The van der Waals surface area contributed by atoms with Gasteiger partial charge in [-0.3, -0.25) is 4.79 Å². The van der Waals surface area contributed by atoms with Gasteiger partial charge in [0, 0.05) is 36.8 Å². The molecule has 3 N–H and O–H groups in total. The number of hydrogen-bond donors (Lipinski definition) is 3. The number of fused-ring (bicyclic) bond motifs is 1. The number of sulfonamides is 1. The predicted octanol–water partition coefficient (Wildman–Crippen LogP) is 3.22. The summed E-state index contributed by atoms with van der Waals surface area (Å²) in [4.78, 5) is 27.8. The molecule has 0 radical (unpaired) electrons. The van der Waals surface area contributed by atoms with E-state index in [-0.39, 0.29) is 66.4 Å². The Morgan fingerprint density at radius 3 is 2.60 bits per heavy atom. The summed E-state index contributed by atoms with van der Waals surface area (Å²) >= 11 is 0. The van der Waals surface area contributed by atoms with Crippen LogP contribution in [0.4, 0.5) is 10.5 Å². The summed E-state index contributed by atoms with van der Waals surface area (Å²) in [6.45, 7) is 6.81. The largest absolute Gasteiger partial charge is 0.488 e. The van der Waals surface area contributed by atoms with E-state index in [2.05, 4.69) is 15.8 Å². The standard InChI is InChI=1S/C29H43N5O7S/c1-18-15-34(19(2)17-35)27(36)14-22-13-24(31-29(37)30-23-9-7-6-8-10-23)11-12-25(22)40-26(18)16-33(5)42(38,39)28-20(3)32-41-21(28)4/h11-13,18-19,23,26,35H,6-10,14-17H2,1-5H3,(H2,30,31,37)/t18-,19+,26+/m1/s1. The van der Waals surface area contributed by atoms with Gasteiger partial charge in [0.1, 0.15) is 22.4 Å². The van der Waals surface area contributed by atoms with Crippen molar-refractivity contribution in [1.29, 1.82) is 0 Å². The Morgan fingerprint density at radius 1 is 1.24 bits per heavy atom. The smallest absolute Gasteiger partial charge is 0.319 e. The zero-order valence-corrected chi connectivity index (χ0v) is 25.9. The first-order chi connectivity index (χ1) is 19.9. The molecule has 3 amide bonds. The van der Waals surface area contributed by atoms with Crippen LogP contribution in [0.2, 0.25) is 0 Å². The lowest BCUT2D eigenvalue weighted by molar-refractivity contribution is -0.134. The Labute approximate surface area is 247 Å². The van der Waals surface area contributed by atoms with Crippen LogP contribution in [0.25, 0.3) is 0 Å². The first-order valence-corrected chi connectivity index (χ1v) is 16.0. The highest BCUT2D eigenvalue weighted by Crippen LogP contribution is 2.30. The number of nitrogens with one attached hydrogen (secondary N) is 2. The zero-order valence-electron chi connectivity index (χ0n) is 25.1. The summed E-state index contributed by atoms with van der Waals surface area (Å²) in [6.07, 6.45) is 4.65. The minimum Gasteiger partial charge on any atom is -0.488 e. The van der Waals surface area contributed by atoms with Gasteiger partial charge in [-0.05, 0) is 51.8 Å². The minimum absolute atomic E-state index is 0.00761. The van der Waals surface area contributed by atoms with Crippen molar-refractivity contribution >= 4 is 27.6 Å². The Kier molecular flexibility index (Phi) is 10.2. The number of anilines is 1. The molecule has 1 aliphatic carbocycles. The first-order valence-electron chi connectivity index (χ1n) is 14.6. The number of amides is 3. The van der Waals surface area contributed by atoms with Gasteiger partial charge in [0.25, 0.3) is 0 Å². The Bertz CT molecular complexity index is 1350. The summed E-state index contributed by atoms with van der Waals surface area (Å²) in [7, 11) is -2.47. The molecule has 1 aromatic carbocycles. The molecule has 12 nitrogen and oxygen atoms in total. The SMILES string of the molecule is Cc1noc(C)c1S(=O)(=O)N(C)C[C@@H]1Oc2ccc(NC(=O)NC3CCCCC3)cc2CC(=O)N([C@@H](C)CO)C[C@H]1C. The highest BCUT2D eigenvalue weighted by molar-refractivity contribution is 7.89. The van der Waals surface area contributed by atoms with Gasteiger partial charge in [-0.2, -0.15) is 4.31 Å². The number of rotatable bonds is 8. The molecule has 0 spiro atoms. The van der Waals surface area contributed by atoms with E-state index in [1.165, 1.54) is 17.8 Å². The molecule has 3 atom stereocenters. The molecule has 2 aliphatic rings. The van der Waals surface area contributed by atoms with E-state index in [4.69, 9.17) is 9.26 Å². The molecule has 42 heavy (non-hydrogen) atoms. The summed E-state index contributed by atoms with van der Waals surface area (Å²) in [6, 6.07) is 4.52. The summed E-state index contributed by atoms with van der Waals surface area (Å²) in [5.41, 5.74) is 1.34. The maximum Gasteiger partial charge on any atom is 0.319 e. The lowest BCUT2D eigenvalue weighted by atomic mass is 9.96. The van der Waals surface area contributed by atoms with Gasteiger partial charge >= 0.3 is 6.03 Å². The van der Waals surface area contributed by atoms with Crippen molar-refractivity contribution in [3.63, 3.8) is 0 Å². The molecular formula is C29H43N5O7S. The number of carbonyl (C=O) groups excluding carboxylic acids is 2. The number of carbonyl (C=O) groups is 2. The number of aryl methyl sites for hydroxylation is 2. The van der Waals surface area contributed by atoms with Crippen LogP contribution >= 0.6 is 0 Å². The number of urea groups is 1. The monoisotopic (exact) mass is 605 g/mol. The van der Waals surface area contributed by atoms with Crippen LogP contribution in [0.5, 0.6) is 5.75 Å². The predicted molar refractivity (Wildman–Crippen MR) is 157 cm³/mol. The lowest BCUT2D eigenvalue weighted by Gasteiger charge is -2.33. The van der Waals surface area contributed by atoms with Gasteiger partial charge in [-0.15, -0.1) is 0 Å². The quantitative estimate of drug-likeness (QED) is 0.415. The fourth-order valence-electron chi connectivity index (χ4n) is 5.67. The van der Waals surface area contributed by atoms with Crippen LogP contribution in [-0.2, 0) is 21.2 Å². The van der Waals surface area contributed by atoms with Crippen molar-refractivity contribution in [3.05, 3.63) is 35.2 Å². The van der Waals surface area contributed by atoms with E-state index < -0.39 is 22.2 Å². The molecular weight excluding hydrogens is 562 g/mol. The van der Waals surface area contributed by atoms with E-state index in [1.54, 1.807) is 43.9 Å². The molecule has 0 bridgehead atoms. The maximum atomic E-state index is 13.5. The normalized spacial score (nSPS) is 21.1. The number of aliphatic hydroxyl groups is 1. The second-order valence-corrected chi connectivity index (χ2v) is 13.6. The molecule has 1 saturated carbocycles. The number of aromatic nitrogens is 1. The van der Waals surface area contributed by atoms with Gasteiger partial charge < -0.3 is 29.9 Å². The molecule has 4 rings (SSSR count). The number of ether oxygens (including phenoxy) is 1. The van der Waals surface area contributed by atoms with Gasteiger partial charge in [0.05, 0.1) is 25.6 Å². The Morgan fingerprint density at radius 2 is 1.95 bits per heavy atom. The summed E-state index contributed by atoms with van der Waals surface area (Å²) in [5.74, 6) is 0.138. The van der Waals surface area contributed by atoms with Gasteiger partial charge in [-0.1, -0.05) is 31.3 Å². The van der Waals surface area contributed by atoms with E-state index in [9.17, 15) is 23.1 Å². The van der Waals surface area contributed by atoms with Crippen LogP contribution < -0.4 is 15.4 Å². The third kappa shape index (κ3) is 7.24. The van der Waals surface area contributed by atoms with E-state index in [1.807, 2.05) is 6.92 Å². The molecule has 0 unspecified atom stereocenters.